The monoisotopic (exact) mass is 248 g/mol. The van der Waals surface area contributed by atoms with Gasteiger partial charge >= 0.3 is 0 Å². The fraction of sp³-hybridized carbons (Fsp3) is 0.364. The van der Waals surface area contributed by atoms with E-state index in [1.54, 1.807) is 0 Å². The molecule has 0 aliphatic carbocycles. The van der Waals surface area contributed by atoms with E-state index < -0.39 is 5.82 Å². The van der Waals surface area contributed by atoms with E-state index in [2.05, 4.69) is 0 Å². The van der Waals surface area contributed by atoms with Crippen LogP contribution < -0.4 is 0 Å². The Morgan fingerprint density at radius 2 is 2.07 bits per heavy atom. The van der Waals surface area contributed by atoms with Gasteiger partial charge < -0.3 is 0 Å². The number of Topliss-reactive ketones (excluding diaryl/α,β-unsaturated/α-hetero) is 1. The highest BCUT2D eigenvalue weighted by molar-refractivity contribution is 6.34. The molecule has 0 heterocycles. The smallest absolute Gasteiger partial charge is 0.164 e. The second-order valence-electron chi connectivity index (χ2n) is 3.17. The molecule has 15 heavy (non-hydrogen) atoms. The summed E-state index contributed by atoms with van der Waals surface area (Å²) in [4.78, 5) is 11.6. The summed E-state index contributed by atoms with van der Waals surface area (Å²) in [5, 5.41) is -0.0895. The van der Waals surface area contributed by atoms with Gasteiger partial charge in [0.2, 0.25) is 0 Å². The Morgan fingerprint density at radius 3 is 2.73 bits per heavy atom. The topological polar surface area (TPSA) is 17.1 Å². The van der Waals surface area contributed by atoms with E-state index in [1.807, 2.05) is 0 Å². The number of halogens is 3. The summed E-state index contributed by atoms with van der Waals surface area (Å²) in [6.45, 7) is 0. The SMILES string of the molecule is O=C(CCCCCl)c1cccc(F)c1Cl. The maximum atomic E-state index is 13.0. The zero-order valence-electron chi connectivity index (χ0n) is 8.10. The molecule has 0 aliphatic rings. The third kappa shape index (κ3) is 3.47. The van der Waals surface area contributed by atoms with Crippen molar-refractivity contribution in [2.45, 2.75) is 19.3 Å². The van der Waals surface area contributed by atoms with Crippen LogP contribution in [-0.4, -0.2) is 11.7 Å². The van der Waals surface area contributed by atoms with Crippen LogP contribution in [0.15, 0.2) is 18.2 Å². The fourth-order valence-electron chi connectivity index (χ4n) is 1.23. The summed E-state index contributed by atoms with van der Waals surface area (Å²) < 4.78 is 13.0. The molecule has 0 fully saturated rings. The third-order valence-electron chi connectivity index (χ3n) is 2.04. The maximum absolute atomic E-state index is 13.0. The molecule has 0 saturated carbocycles. The van der Waals surface area contributed by atoms with Crippen molar-refractivity contribution >= 4 is 29.0 Å². The highest BCUT2D eigenvalue weighted by atomic mass is 35.5. The molecule has 0 aliphatic heterocycles. The summed E-state index contributed by atoms with van der Waals surface area (Å²) in [6.07, 6.45) is 1.84. The largest absolute Gasteiger partial charge is 0.294 e. The highest BCUT2D eigenvalue weighted by Crippen LogP contribution is 2.21. The van der Waals surface area contributed by atoms with Gasteiger partial charge in [0.1, 0.15) is 5.82 Å². The van der Waals surface area contributed by atoms with Crippen LogP contribution in [-0.2, 0) is 0 Å². The molecular formula is C11H11Cl2FO. The number of carbonyl (C=O) groups excluding carboxylic acids is 1. The van der Waals surface area contributed by atoms with E-state index in [4.69, 9.17) is 23.2 Å². The van der Waals surface area contributed by atoms with Crippen molar-refractivity contribution < 1.29 is 9.18 Å². The molecule has 4 heteroatoms. The number of ketones is 1. The van der Waals surface area contributed by atoms with Gasteiger partial charge in [-0.15, -0.1) is 11.6 Å². The van der Waals surface area contributed by atoms with Gasteiger partial charge in [-0.1, -0.05) is 17.7 Å². The predicted molar refractivity (Wildman–Crippen MR) is 60.3 cm³/mol. The molecular weight excluding hydrogens is 238 g/mol. The molecule has 0 saturated heterocycles. The number of alkyl halides is 1. The summed E-state index contributed by atoms with van der Waals surface area (Å²) in [5.74, 6) is -0.158. The normalized spacial score (nSPS) is 10.3. The lowest BCUT2D eigenvalue weighted by molar-refractivity contribution is 0.0979. The number of rotatable bonds is 5. The number of carbonyl (C=O) groups is 1. The lowest BCUT2D eigenvalue weighted by atomic mass is 10.1. The fourth-order valence-corrected chi connectivity index (χ4v) is 1.65. The minimum absolute atomic E-state index is 0.0895. The van der Waals surface area contributed by atoms with Gasteiger partial charge in [-0.25, -0.2) is 4.39 Å². The van der Waals surface area contributed by atoms with Crippen LogP contribution in [0.5, 0.6) is 0 Å². The van der Waals surface area contributed by atoms with Crippen LogP contribution in [0.4, 0.5) is 4.39 Å². The Hall–Kier alpha value is -0.600. The summed E-state index contributed by atoms with van der Waals surface area (Å²) in [7, 11) is 0. The van der Waals surface area contributed by atoms with Crippen molar-refractivity contribution in [2.75, 3.05) is 5.88 Å². The van der Waals surface area contributed by atoms with E-state index >= 15 is 0 Å². The molecule has 0 bridgehead atoms. The summed E-state index contributed by atoms with van der Waals surface area (Å²) in [5.41, 5.74) is 0.256. The summed E-state index contributed by atoms with van der Waals surface area (Å²) >= 11 is 11.2. The van der Waals surface area contributed by atoms with E-state index in [1.165, 1.54) is 18.2 Å². The summed E-state index contributed by atoms with van der Waals surface area (Å²) in [6, 6.07) is 4.25. The molecule has 0 N–H and O–H groups in total. The zero-order valence-corrected chi connectivity index (χ0v) is 9.61. The Kier molecular flexibility index (Phi) is 5.06. The molecule has 1 aromatic rings. The van der Waals surface area contributed by atoms with Crippen LogP contribution in [0.3, 0.4) is 0 Å². The molecule has 82 valence electrons. The average molecular weight is 249 g/mol. The number of benzene rings is 1. The second-order valence-corrected chi connectivity index (χ2v) is 3.93. The van der Waals surface area contributed by atoms with Gasteiger partial charge in [-0.2, -0.15) is 0 Å². The van der Waals surface area contributed by atoms with Gasteiger partial charge in [-0.05, 0) is 25.0 Å². The van der Waals surface area contributed by atoms with Crippen molar-refractivity contribution in [3.8, 4) is 0 Å². The first kappa shape index (κ1) is 12.5. The van der Waals surface area contributed by atoms with Gasteiger partial charge in [-0.3, -0.25) is 4.79 Å². The Labute approximate surface area is 98.2 Å². The van der Waals surface area contributed by atoms with E-state index in [0.717, 1.165) is 6.42 Å². The minimum Gasteiger partial charge on any atom is -0.294 e. The van der Waals surface area contributed by atoms with Gasteiger partial charge in [0, 0.05) is 17.9 Å². The molecule has 0 spiro atoms. The first-order valence-electron chi connectivity index (χ1n) is 4.70. The van der Waals surface area contributed by atoms with Crippen LogP contribution >= 0.6 is 23.2 Å². The Balaban J connectivity index is 2.69. The zero-order chi connectivity index (χ0) is 11.3. The molecule has 0 atom stereocenters. The lowest BCUT2D eigenvalue weighted by Gasteiger charge is -2.03. The van der Waals surface area contributed by atoms with E-state index in [0.29, 0.717) is 18.7 Å². The molecule has 0 radical (unpaired) electrons. The molecule has 1 rings (SSSR count). The average Bonchev–Trinajstić information content (AvgIpc) is 2.22. The number of hydrogen-bond acceptors (Lipinski definition) is 1. The van der Waals surface area contributed by atoms with Gasteiger partial charge in [0.25, 0.3) is 0 Å². The van der Waals surface area contributed by atoms with Crippen LogP contribution in [0.2, 0.25) is 5.02 Å². The standard InChI is InChI=1S/C11H11Cl2FO/c12-7-2-1-6-10(15)8-4-3-5-9(14)11(8)13/h3-5H,1-2,6-7H2. The molecule has 0 unspecified atom stereocenters. The maximum Gasteiger partial charge on any atom is 0.164 e. The molecule has 0 amide bonds. The molecule has 1 aromatic carbocycles. The Bertz CT molecular complexity index is 352. The highest BCUT2D eigenvalue weighted by Gasteiger charge is 2.12. The van der Waals surface area contributed by atoms with Gasteiger partial charge in [0.15, 0.2) is 5.78 Å². The minimum atomic E-state index is -0.556. The van der Waals surface area contributed by atoms with E-state index in [9.17, 15) is 9.18 Å². The van der Waals surface area contributed by atoms with Crippen molar-refractivity contribution in [1.82, 2.24) is 0 Å². The predicted octanol–water partition coefficient (Wildman–Crippen LogP) is 4.07. The van der Waals surface area contributed by atoms with Crippen molar-refractivity contribution in [3.63, 3.8) is 0 Å². The first-order valence-corrected chi connectivity index (χ1v) is 5.61. The van der Waals surface area contributed by atoms with Crippen molar-refractivity contribution in [1.29, 1.82) is 0 Å². The van der Waals surface area contributed by atoms with Crippen molar-refractivity contribution in [2.24, 2.45) is 0 Å². The number of hydrogen-bond donors (Lipinski definition) is 0. The van der Waals surface area contributed by atoms with E-state index in [-0.39, 0.29) is 16.4 Å². The quantitative estimate of drug-likeness (QED) is 0.436. The second kappa shape index (κ2) is 6.09. The van der Waals surface area contributed by atoms with Crippen LogP contribution in [0.1, 0.15) is 29.6 Å². The number of unbranched alkanes of at least 4 members (excludes halogenated alkanes) is 1. The third-order valence-corrected chi connectivity index (χ3v) is 2.69. The molecule has 0 aromatic heterocycles. The van der Waals surface area contributed by atoms with Crippen molar-refractivity contribution in [3.05, 3.63) is 34.6 Å². The van der Waals surface area contributed by atoms with Gasteiger partial charge in [0.05, 0.1) is 5.02 Å². The molecule has 1 nitrogen and oxygen atoms in total. The first-order chi connectivity index (χ1) is 7.16. The van der Waals surface area contributed by atoms with Crippen LogP contribution in [0, 0.1) is 5.82 Å². The lowest BCUT2D eigenvalue weighted by Crippen LogP contribution is -2.01. The van der Waals surface area contributed by atoms with Crippen LogP contribution in [0.25, 0.3) is 0 Å². The Morgan fingerprint density at radius 1 is 1.33 bits per heavy atom.